The maximum atomic E-state index is 12.4. The van der Waals surface area contributed by atoms with E-state index in [1.165, 1.54) is 4.90 Å². The van der Waals surface area contributed by atoms with E-state index in [1.54, 1.807) is 24.5 Å². The standard InChI is InChI=1S/C17H17N3O2/c21-16-12-15(19-11-8-13-6-9-18-10-7-13)17(22)20(16)14-4-2-1-3-5-14/h1-7,9-10,15,19H,8,11-12H2/t15-/m0/s1. The summed E-state index contributed by atoms with van der Waals surface area (Å²) in [6.45, 7) is 0.649. The quantitative estimate of drug-likeness (QED) is 0.850. The molecule has 112 valence electrons. The summed E-state index contributed by atoms with van der Waals surface area (Å²) in [7, 11) is 0. The SMILES string of the molecule is O=C1C[C@H](NCCc2ccncc2)C(=O)N1c1ccccc1. The minimum Gasteiger partial charge on any atom is -0.305 e. The molecule has 22 heavy (non-hydrogen) atoms. The maximum absolute atomic E-state index is 12.4. The van der Waals surface area contributed by atoms with E-state index in [4.69, 9.17) is 0 Å². The summed E-state index contributed by atoms with van der Waals surface area (Å²) in [6, 6.07) is 12.5. The number of hydrogen-bond donors (Lipinski definition) is 1. The van der Waals surface area contributed by atoms with Gasteiger partial charge in [0.1, 0.15) is 0 Å². The lowest BCUT2D eigenvalue weighted by molar-refractivity contribution is -0.121. The summed E-state index contributed by atoms with van der Waals surface area (Å²) in [5, 5.41) is 3.18. The second-order valence-electron chi connectivity index (χ2n) is 5.22. The van der Waals surface area contributed by atoms with Crippen molar-refractivity contribution in [1.82, 2.24) is 10.3 Å². The first-order chi connectivity index (χ1) is 10.8. The van der Waals surface area contributed by atoms with E-state index in [1.807, 2.05) is 30.3 Å². The van der Waals surface area contributed by atoms with Crippen LogP contribution >= 0.6 is 0 Å². The second kappa shape index (κ2) is 6.49. The molecule has 1 aromatic carbocycles. The van der Waals surface area contributed by atoms with Gasteiger partial charge in [0, 0.05) is 12.4 Å². The van der Waals surface area contributed by atoms with Gasteiger partial charge in [0.25, 0.3) is 5.91 Å². The van der Waals surface area contributed by atoms with E-state index in [0.29, 0.717) is 12.2 Å². The molecule has 1 N–H and O–H groups in total. The van der Waals surface area contributed by atoms with Gasteiger partial charge in [0.05, 0.1) is 18.2 Å². The van der Waals surface area contributed by atoms with E-state index in [0.717, 1.165) is 12.0 Å². The molecule has 1 saturated heterocycles. The molecule has 1 atom stereocenters. The topological polar surface area (TPSA) is 62.3 Å². The van der Waals surface area contributed by atoms with Crippen LogP contribution in [0.4, 0.5) is 5.69 Å². The predicted octanol–water partition coefficient (Wildman–Crippen LogP) is 1.55. The second-order valence-corrected chi connectivity index (χ2v) is 5.22. The summed E-state index contributed by atoms with van der Waals surface area (Å²) in [6.07, 6.45) is 4.50. The van der Waals surface area contributed by atoms with Crippen molar-refractivity contribution in [2.24, 2.45) is 0 Å². The normalized spacial score (nSPS) is 18.0. The number of carbonyl (C=O) groups excluding carboxylic acids is 2. The monoisotopic (exact) mass is 295 g/mol. The molecule has 0 aliphatic carbocycles. The van der Waals surface area contributed by atoms with Crippen molar-refractivity contribution in [1.29, 1.82) is 0 Å². The summed E-state index contributed by atoms with van der Waals surface area (Å²) in [4.78, 5) is 29.7. The zero-order chi connectivity index (χ0) is 15.4. The van der Waals surface area contributed by atoms with Gasteiger partial charge in [-0.25, -0.2) is 4.90 Å². The average molecular weight is 295 g/mol. The van der Waals surface area contributed by atoms with Crippen LogP contribution in [0.5, 0.6) is 0 Å². The number of nitrogens with zero attached hydrogens (tertiary/aromatic N) is 2. The molecule has 0 unspecified atom stereocenters. The van der Waals surface area contributed by atoms with Gasteiger partial charge < -0.3 is 5.32 Å². The maximum Gasteiger partial charge on any atom is 0.251 e. The van der Waals surface area contributed by atoms with Crippen LogP contribution in [0.25, 0.3) is 0 Å². The number of rotatable bonds is 5. The lowest BCUT2D eigenvalue weighted by atomic mass is 10.2. The van der Waals surface area contributed by atoms with Crippen molar-refractivity contribution < 1.29 is 9.59 Å². The van der Waals surface area contributed by atoms with Gasteiger partial charge in [0.15, 0.2) is 0 Å². The van der Waals surface area contributed by atoms with Crippen LogP contribution in [0.1, 0.15) is 12.0 Å². The number of benzene rings is 1. The van der Waals surface area contributed by atoms with Crippen molar-refractivity contribution in [2.45, 2.75) is 18.9 Å². The molecule has 2 amide bonds. The Kier molecular flexibility index (Phi) is 4.25. The van der Waals surface area contributed by atoms with Crippen LogP contribution in [0.2, 0.25) is 0 Å². The molecule has 5 heteroatoms. The molecule has 1 aliphatic heterocycles. The van der Waals surface area contributed by atoms with Crippen LogP contribution < -0.4 is 10.2 Å². The minimum atomic E-state index is -0.436. The van der Waals surface area contributed by atoms with Gasteiger partial charge >= 0.3 is 0 Å². The van der Waals surface area contributed by atoms with Crippen LogP contribution in [-0.2, 0) is 16.0 Å². The fourth-order valence-electron chi connectivity index (χ4n) is 2.58. The van der Waals surface area contributed by atoms with Crippen LogP contribution in [0.15, 0.2) is 54.9 Å². The number of carbonyl (C=O) groups is 2. The molecule has 1 aliphatic rings. The highest BCUT2D eigenvalue weighted by molar-refractivity contribution is 6.22. The van der Waals surface area contributed by atoms with E-state index in [-0.39, 0.29) is 18.2 Å². The molecule has 0 bridgehead atoms. The number of pyridine rings is 1. The van der Waals surface area contributed by atoms with Gasteiger partial charge in [-0.2, -0.15) is 0 Å². The Morgan fingerprint density at radius 2 is 1.82 bits per heavy atom. The third kappa shape index (κ3) is 3.04. The molecule has 3 rings (SSSR count). The van der Waals surface area contributed by atoms with E-state index < -0.39 is 6.04 Å². The zero-order valence-electron chi connectivity index (χ0n) is 12.1. The van der Waals surface area contributed by atoms with Crippen molar-refractivity contribution >= 4 is 17.5 Å². The molecule has 0 radical (unpaired) electrons. The molecule has 5 nitrogen and oxygen atoms in total. The number of aromatic nitrogens is 1. The van der Waals surface area contributed by atoms with Crippen molar-refractivity contribution in [3.05, 3.63) is 60.4 Å². The van der Waals surface area contributed by atoms with E-state index >= 15 is 0 Å². The number of nitrogens with one attached hydrogen (secondary N) is 1. The summed E-state index contributed by atoms with van der Waals surface area (Å²) in [5.74, 6) is -0.330. The Balaban J connectivity index is 1.60. The first kappa shape index (κ1) is 14.4. The third-order valence-corrected chi connectivity index (χ3v) is 3.71. The highest BCUT2D eigenvalue weighted by atomic mass is 16.2. The number of anilines is 1. The lowest BCUT2D eigenvalue weighted by Crippen LogP contribution is -2.39. The average Bonchev–Trinajstić information content (AvgIpc) is 2.83. The summed E-state index contributed by atoms with van der Waals surface area (Å²) >= 11 is 0. The molecular formula is C17H17N3O2. The predicted molar refractivity (Wildman–Crippen MR) is 83.3 cm³/mol. The number of hydrogen-bond acceptors (Lipinski definition) is 4. The molecule has 0 spiro atoms. The summed E-state index contributed by atoms with van der Waals surface area (Å²) in [5.41, 5.74) is 1.79. The Labute approximate surface area is 129 Å². The largest absolute Gasteiger partial charge is 0.305 e. The first-order valence-corrected chi connectivity index (χ1v) is 7.30. The van der Waals surface area contributed by atoms with Crippen molar-refractivity contribution in [3.8, 4) is 0 Å². The summed E-state index contributed by atoms with van der Waals surface area (Å²) < 4.78 is 0. The van der Waals surface area contributed by atoms with Crippen LogP contribution in [-0.4, -0.2) is 29.4 Å². The Morgan fingerprint density at radius 3 is 2.55 bits per heavy atom. The number of para-hydroxylation sites is 1. The molecule has 1 fully saturated rings. The Morgan fingerprint density at radius 1 is 1.09 bits per heavy atom. The highest BCUT2D eigenvalue weighted by Crippen LogP contribution is 2.22. The number of imide groups is 1. The van der Waals surface area contributed by atoms with Gasteiger partial charge in [-0.15, -0.1) is 0 Å². The fraction of sp³-hybridized carbons (Fsp3) is 0.235. The lowest BCUT2D eigenvalue weighted by Gasteiger charge is -2.15. The highest BCUT2D eigenvalue weighted by Gasteiger charge is 2.38. The van der Waals surface area contributed by atoms with Gasteiger partial charge in [-0.05, 0) is 42.8 Å². The first-order valence-electron chi connectivity index (χ1n) is 7.30. The van der Waals surface area contributed by atoms with Crippen LogP contribution in [0.3, 0.4) is 0 Å². The smallest absolute Gasteiger partial charge is 0.251 e. The van der Waals surface area contributed by atoms with Gasteiger partial charge in [-0.3, -0.25) is 14.6 Å². The van der Waals surface area contributed by atoms with E-state index in [2.05, 4.69) is 10.3 Å². The van der Waals surface area contributed by atoms with Crippen molar-refractivity contribution in [2.75, 3.05) is 11.4 Å². The van der Waals surface area contributed by atoms with Gasteiger partial charge in [-0.1, -0.05) is 18.2 Å². The van der Waals surface area contributed by atoms with E-state index in [9.17, 15) is 9.59 Å². The number of amides is 2. The molecule has 1 aromatic heterocycles. The van der Waals surface area contributed by atoms with Gasteiger partial charge in [0.2, 0.25) is 5.91 Å². The molecule has 0 saturated carbocycles. The zero-order valence-corrected chi connectivity index (χ0v) is 12.1. The molecule has 2 heterocycles. The molecular weight excluding hydrogens is 278 g/mol. The molecule has 2 aromatic rings. The third-order valence-electron chi connectivity index (χ3n) is 3.71. The Hall–Kier alpha value is -2.53. The fourth-order valence-corrected chi connectivity index (χ4v) is 2.58. The van der Waals surface area contributed by atoms with Crippen LogP contribution in [0, 0.1) is 0 Å². The van der Waals surface area contributed by atoms with Crippen molar-refractivity contribution in [3.63, 3.8) is 0 Å². The minimum absolute atomic E-state index is 0.155. The Bertz CT molecular complexity index is 658.